The van der Waals surface area contributed by atoms with Gasteiger partial charge in [0.25, 0.3) is 0 Å². The zero-order valence-corrected chi connectivity index (χ0v) is 10.4. The third-order valence-corrected chi connectivity index (χ3v) is 2.79. The smallest absolute Gasteiger partial charge is 0.366 e. The van der Waals surface area contributed by atoms with Crippen molar-refractivity contribution < 1.29 is 13.2 Å². The lowest BCUT2D eigenvalue weighted by atomic mass is 10.1. The first-order valence-electron chi connectivity index (χ1n) is 5.89. The van der Waals surface area contributed by atoms with E-state index in [0.29, 0.717) is 5.69 Å². The average molecular weight is 276 g/mol. The highest BCUT2D eigenvalue weighted by molar-refractivity contribution is 5.48. The molecule has 0 aliphatic carbocycles. The molecule has 0 heterocycles. The van der Waals surface area contributed by atoms with Gasteiger partial charge in [-0.3, -0.25) is 0 Å². The van der Waals surface area contributed by atoms with E-state index in [0.717, 1.165) is 17.7 Å². The number of hydrogen-bond acceptors (Lipinski definition) is 2. The summed E-state index contributed by atoms with van der Waals surface area (Å²) in [6.45, 7) is 0. The highest BCUT2D eigenvalue weighted by Gasteiger charge is 2.30. The van der Waals surface area contributed by atoms with Crippen LogP contribution in [0.4, 0.5) is 18.9 Å². The van der Waals surface area contributed by atoms with Crippen LogP contribution in [0.15, 0.2) is 54.6 Å². The Balaban J connectivity index is 2.15. The van der Waals surface area contributed by atoms with Crippen LogP contribution in [0, 0.1) is 11.3 Å². The first-order valence-corrected chi connectivity index (χ1v) is 5.89. The van der Waals surface area contributed by atoms with Crippen molar-refractivity contribution in [2.75, 3.05) is 5.32 Å². The summed E-state index contributed by atoms with van der Waals surface area (Å²) in [6.07, 6.45) is -4.35. The predicted octanol–water partition coefficient (Wildman–Crippen LogP) is 4.38. The van der Waals surface area contributed by atoms with Crippen molar-refractivity contribution in [1.29, 1.82) is 5.26 Å². The molecule has 2 nitrogen and oxygen atoms in total. The summed E-state index contributed by atoms with van der Waals surface area (Å²) in [6, 6.07) is 15.1. The van der Waals surface area contributed by atoms with E-state index in [1.54, 1.807) is 24.3 Å². The van der Waals surface area contributed by atoms with Crippen molar-refractivity contribution in [3.63, 3.8) is 0 Å². The monoisotopic (exact) mass is 276 g/mol. The number of nitrogens with one attached hydrogen (secondary N) is 1. The van der Waals surface area contributed by atoms with Crippen molar-refractivity contribution in [1.82, 2.24) is 0 Å². The molecule has 2 rings (SSSR count). The van der Waals surface area contributed by atoms with Gasteiger partial charge in [0.1, 0.15) is 6.04 Å². The molecule has 0 saturated carbocycles. The third-order valence-electron chi connectivity index (χ3n) is 2.79. The zero-order valence-electron chi connectivity index (χ0n) is 10.4. The van der Waals surface area contributed by atoms with Crippen LogP contribution in [0.1, 0.15) is 17.2 Å². The SMILES string of the molecule is N#CC(Nc1ccc(C(F)(F)F)cc1)c1ccccc1. The molecule has 20 heavy (non-hydrogen) atoms. The average Bonchev–Trinajstić information content (AvgIpc) is 2.45. The lowest BCUT2D eigenvalue weighted by Gasteiger charge is -2.14. The maximum absolute atomic E-state index is 12.4. The Morgan fingerprint density at radius 2 is 1.55 bits per heavy atom. The highest BCUT2D eigenvalue weighted by Crippen LogP contribution is 2.30. The zero-order chi connectivity index (χ0) is 14.6. The number of nitriles is 1. The topological polar surface area (TPSA) is 35.8 Å². The first kappa shape index (κ1) is 13.9. The fraction of sp³-hybridized carbons (Fsp3) is 0.133. The molecule has 1 unspecified atom stereocenters. The highest BCUT2D eigenvalue weighted by atomic mass is 19.4. The Labute approximate surface area is 114 Å². The fourth-order valence-electron chi connectivity index (χ4n) is 1.76. The molecule has 0 aliphatic rings. The maximum Gasteiger partial charge on any atom is 0.416 e. The van der Waals surface area contributed by atoms with Crippen LogP contribution < -0.4 is 5.32 Å². The molecule has 0 spiro atoms. The van der Waals surface area contributed by atoms with Crippen LogP contribution in [0.25, 0.3) is 0 Å². The molecule has 5 heteroatoms. The van der Waals surface area contributed by atoms with Gasteiger partial charge in [0.05, 0.1) is 11.6 Å². The molecule has 0 radical (unpaired) electrons. The van der Waals surface area contributed by atoms with E-state index in [1.165, 1.54) is 12.1 Å². The van der Waals surface area contributed by atoms with Crippen LogP contribution >= 0.6 is 0 Å². The van der Waals surface area contributed by atoms with Gasteiger partial charge in [0.2, 0.25) is 0 Å². The minimum atomic E-state index is -4.35. The van der Waals surface area contributed by atoms with E-state index in [4.69, 9.17) is 5.26 Å². The number of halogens is 3. The number of nitrogens with zero attached hydrogens (tertiary/aromatic N) is 1. The summed E-state index contributed by atoms with van der Waals surface area (Å²) in [5.41, 5.74) is 0.513. The van der Waals surface area contributed by atoms with Gasteiger partial charge in [-0.25, -0.2) is 0 Å². The summed E-state index contributed by atoms with van der Waals surface area (Å²) < 4.78 is 37.3. The van der Waals surface area contributed by atoms with Crippen molar-refractivity contribution in [2.24, 2.45) is 0 Å². The maximum atomic E-state index is 12.4. The Morgan fingerprint density at radius 3 is 2.05 bits per heavy atom. The molecule has 0 saturated heterocycles. The second-order valence-corrected chi connectivity index (χ2v) is 4.19. The summed E-state index contributed by atoms with van der Waals surface area (Å²) in [7, 11) is 0. The van der Waals surface area contributed by atoms with Gasteiger partial charge >= 0.3 is 6.18 Å². The van der Waals surface area contributed by atoms with Crippen LogP contribution in [-0.4, -0.2) is 0 Å². The van der Waals surface area contributed by atoms with Gasteiger partial charge in [0.15, 0.2) is 0 Å². The molecular formula is C15H11F3N2. The van der Waals surface area contributed by atoms with Crippen molar-refractivity contribution in [3.8, 4) is 6.07 Å². The molecule has 0 amide bonds. The summed E-state index contributed by atoms with van der Waals surface area (Å²) in [5.74, 6) is 0. The van der Waals surface area contributed by atoms with Gasteiger partial charge in [-0.2, -0.15) is 18.4 Å². The molecule has 1 atom stereocenters. The van der Waals surface area contributed by atoms with E-state index >= 15 is 0 Å². The summed E-state index contributed by atoms with van der Waals surface area (Å²) >= 11 is 0. The minimum Gasteiger partial charge on any atom is -0.366 e. The molecule has 2 aromatic carbocycles. The number of benzene rings is 2. The lowest BCUT2D eigenvalue weighted by Crippen LogP contribution is -2.09. The lowest BCUT2D eigenvalue weighted by molar-refractivity contribution is -0.137. The van der Waals surface area contributed by atoms with Crippen molar-refractivity contribution >= 4 is 5.69 Å². The normalized spacial score (nSPS) is 12.5. The quantitative estimate of drug-likeness (QED) is 0.902. The molecule has 102 valence electrons. The van der Waals surface area contributed by atoms with Crippen LogP contribution in [-0.2, 0) is 6.18 Å². The van der Waals surface area contributed by atoms with Crippen LogP contribution in [0.2, 0.25) is 0 Å². The van der Waals surface area contributed by atoms with Gasteiger partial charge in [0, 0.05) is 5.69 Å². The molecular weight excluding hydrogens is 265 g/mol. The van der Waals surface area contributed by atoms with E-state index < -0.39 is 17.8 Å². The van der Waals surface area contributed by atoms with Gasteiger partial charge in [-0.15, -0.1) is 0 Å². The molecule has 0 aliphatic heterocycles. The van der Waals surface area contributed by atoms with Crippen LogP contribution in [0.5, 0.6) is 0 Å². The van der Waals surface area contributed by atoms with Gasteiger partial charge < -0.3 is 5.32 Å². The number of hydrogen-bond donors (Lipinski definition) is 1. The molecule has 0 bridgehead atoms. The van der Waals surface area contributed by atoms with E-state index in [-0.39, 0.29) is 0 Å². The first-order chi connectivity index (χ1) is 9.50. The Hall–Kier alpha value is -2.48. The number of alkyl halides is 3. The van der Waals surface area contributed by atoms with E-state index in [2.05, 4.69) is 11.4 Å². The van der Waals surface area contributed by atoms with Gasteiger partial charge in [-0.05, 0) is 29.8 Å². The standard InChI is InChI=1S/C15H11F3N2/c16-15(17,18)12-6-8-13(9-7-12)20-14(10-19)11-4-2-1-3-5-11/h1-9,14,20H. The molecule has 2 aromatic rings. The van der Waals surface area contributed by atoms with E-state index in [9.17, 15) is 13.2 Å². The number of rotatable bonds is 3. The van der Waals surface area contributed by atoms with Gasteiger partial charge in [-0.1, -0.05) is 30.3 Å². The largest absolute Gasteiger partial charge is 0.416 e. The Bertz CT molecular complexity index is 598. The Morgan fingerprint density at radius 1 is 0.950 bits per heavy atom. The van der Waals surface area contributed by atoms with Crippen molar-refractivity contribution in [3.05, 3.63) is 65.7 Å². The van der Waals surface area contributed by atoms with Crippen molar-refractivity contribution in [2.45, 2.75) is 12.2 Å². The molecule has 1 N–H and O–H groups in total. The summed E-state index contributed by atoms with van der Waals surface area (Å²) in [5, 5.41) is 12.0. The second kappa shape index (κ2) is 5.66. The van der Waals surface area contributed by atoms with Crippen LogP contribution in [0.3, 0.4) is 0 Å². The molecule has 0 aromatic heterocycles. The second-order valence-electron chi connectivity index (χ2n) is 4.19. The minimum absolute atomic E-state index is 0.466. The molecule has 0 fully saturated rings. The van der Waals surface area contributed by atoms with E-state index in [1.807, 2.05) is 6.07 Å². The fourth-order valence-corrected chi connectivity index (χ4v) is 1.76. The third kappa shape index (κ3) is 3.29. The number of anilines is 1. The Kier molecular flexibility index (Phi) is 3.94. The summed E-state index contributed by atoms with van der Waals surface area (Å²) in [4.78, 5) is 0. The predicted molar refractivity (Wildman–Crippen MR) is 69.9 cm³/mol.